The molecule has 16 heavy (non-hydrogen) atoms. The lowest BCUT2D eigenvalue weighted by molar-refractivity contribution is -0.140. The van der Waals surface area contributed by atoms with Gasteiger partial charge < -0.3 is 5.11 Å². The molecule has 0 fully saturated rings. The predicted molar refractivity (Wildman–Crippen MR) is 51.5 cm³/mol. The van der Waals surface area contributed by atoms with Crippen molar-refractivity contribution in [1.29, 1.82) is 0 Å². The quantitative estimate of drug-likeness (QED) is 0.813. The summed E-state index contributed by atoms with van der Waals surface area (Å²) in [7, 11) is 0. The smallest absolute Gasteiger partial charge is 0.311 e. The Hall–Kier alpha value is -1.52. The lowest BCUT2D eigenvalue weighted by atomic mass is 9.88. The molecule has 0 aliphatic heterocycles. The predicted octanol–water partition coefficient (Wildman–Crippen LogP) is 2.93. The number of rotatable bonds is 3. The molecule has 5 heteroatoms. The van der Waals surface area contributed by atoms with Gasteiger partial charge in [0.2, 0.25) is 0 Å². The van der Waals surface area contributed by atoms with Crippen LogP contribution in [0.15, 0.2) is 12.1 Å². The summed E-state index contributed by atoms with van der Waals surface area (Å²) in [4.78, 5) is 10.9. The van der Waals surface area contributed by atoms with Crippen molar-refractivity contribution in [2.45, 2.75) is 19.8 Å². The lowest BCUT2D eigenvalue weighted by Crippen LogP contribution is -2.19. The molecule has 0 aliphatic carbocycles. The molecule has 0 aromatic heterocycles. The second kappa shape index (κ2) is 4.55. The number of hydrogen-bond donors (Lipinski definition) is 1. The van der Waals surface area contributed by atoms with Gasteiger partial charge in [-0.1, -0.05) is 13.8 Å². The van der Waals surface area contributed by atoms with E-state index in [9.17, 15) is 18.0 Å². The van der Waals surface area contributed by atoms with Crippen LogP contribution in [0, 0.1) is 23.4 Å². The van der Waals surface area contributed by atoms with E-state index in [2.05, 4.69) is 0 Å². The van der Waals surface area contributed by atoms with E-state index in [4.69, 9.17) is 5.11 Å². The largest absolute Gasteiger partial charge is 0.481 e. The first-order valence-electron chi connectivity index (χ1n) is 4.71. The van der Waals surface area contributed by atoms with Gasteiger partial charge in [0, 0.05) is 11.6 Å². The average molecular weight is 232 g/mol. The molecule has 0 radical (unpaired) electrons. The molecule has 0 bridgehead atoms. The second-order valence-corrected chi connectivity index (χ2v) is 3.85. The Kier molecular flexibility index (Phi) is 3.57. The lowest BCUT2D eigenvalue weighted by Gasteiger charge is -2.17. The number of carboxylic acids is 1. The number of carboxylic acid groups (broad SMARTS) is 1. The van der Waals surface area contributed by atoms with Crippen molar-refractivity contribution in [2.24, 2.45) is 5.92 Å². The number of benzene rings is 1. The van der Waals surface area contributed by atoms with Gasteiger partial charge in [0.05, 0.1) is 5.92 Å². The van der Waals surface area contributed by atoms with Crippen LogP contribution in [-0.4, -0.2) is 11.1 Å². The highest BCUT2D eigenvalue weighted by atomic mass is 19.2. The monoisotopic (exact) mass is 232 g/mol. The molecule has 2 nitrogen and oxygen atoms in total. The molecule has 0 amide bonds. The third-order valence-electron chi connectivity index (χ3n) is 2.29. The van der Waals surface area contributed by atoms with Crippen LogP contribution < -0.4 is 0 Å². The molecule has 0 aliphatic rings. The van der Waals surface area contributed by atoms with Gasteiger partial charge in [-0.3, -0.25) is 4.79 Å². The Labute approximate surface area is 90.7 Å². The summed E-state index contributed by atoms with van der Waals surface area (Å²) in [5.41, 5.74) is -0.458. The van der Waals surface area contributed by atoms with Crippen LogP contribution in [0.25, 0.3) is 0 Å². The topological polar surface area (TPSA) is 37.3 Å². The Morgan fingerprint density at radius 1 is 1.25 bits per heavy atom. The van der Waals surface area contributed by atoms with Crippen LogP contribution >= 0.6 is 0 Å². The molecule has 1 atom stereocenters. The number of hydrogen-bond acceptors (Lipinski definition) is 1. The fourth-order valence-electron chi connectivity index (χ4n) is 1.58. The first-order chi connectivity index (χ1) is 7.34. The van der Waals surface area contributed by atoms with Crippen LogP contribution in [0.3, 0.4) is 0 Å². The molecule has 1 N–H and O–H groups in total. The first kappa shape index (κ1) is 12.5. The zero-order valence-electron chi connectivity index (χ0n) is 8.80. The summed E-state index contributed by atoms with van der Waals surface area (Å²) in [6.07, 6.45) is 0. The molecule has 0 saturated heterocycles. The van der Waals surface area contributed by atoms with E-state index in [0.717, 1.165) is 6.07 Å². The minimum atomic E-state index is -1.37. The maximum absolute atomic E-state index is 13.3. The van der Waals surface area contributed by atoms with Crippen molar-refractivity contribution in [3.05, 3.63) is 35.1 Å². The van der Waals surface area contributed by atoms with Crippen molar-refractivity contribution in [1.82, 2.24) is 0 Å². The Bertz CT molecular complexity index is 416. The van der Waals surface area contributed by atoms with Crippen molar-refractivity contribution >= 4 is 5.97 Å². The summed E-state index contributed by atoms with van der Waals surface area (Å²) in [5.74, 6) is -6.69. The highest BCUT2D eigenvalue weighted by molar-refractivity contribution is 5.76. The van der Waals surface area contributed by atoms with Gasteiger partial charge >= 0.3 is 5.97 Å². The van der Waals surface area contributed by atoms with Gasteiger partial charge in [-0.25, -0.2) is 13.2 Å². The second-order valence-electron chi connectivity index (χ2n) is 3.85. The van der Waals surface area contributed by atoms with Crippen LogP contribution in [0.2, 0.25) is 0 Å². The summed E-state index contributed by atoms with van der Waals surface area (Å²) in [6, 6.07) is 1.11. The Morgan fingerprint density at radius 3 is 2.25 bits per heavy atom. The Morgan fingerprint density at radius 2 is 1.81 bits per heavy atom. The molecule has 1 aromatic carbocycles. The van der Waals surface area contributed by atoms with Crippen molar-refractivity contribution in [3.8, 4) is 0 Å². The molecule has 88 valence electrons. The molecule has 1 rings (SSSR count). The maximum Gasteiger partial charge on any atom is 0.311 e. The third kappa shape index (κ3) is 2.35. The van der Waals surface area contributed by atoms with E-state index < -0.39 is 40.8 Å². The Balaban J connectivity index is 3.34. The van der Waals surface area contributed by atoms with Crippen molar-refractivity contribution in [3.63, 3.8) is 0 Å². The van der Waals surface area contributed by atoms with E-state index in [1.54, 1.807) is 13.8 Å². The van der Waals surface area contributed by atoms with Gasteiger partial charge in [-0.2, -0.15) is 0 Å². The summed E-state index contributed by atoms with van der Waals surface area (Å²) < 4.78 is 39.2. The minimum absolute atomic E-state index is 0.387. The van der Waals surface area contributed by atoms with Gasteiger partial charge in [0.25, 0.3) is 0 Å². The van der Waals surface area contributed by atoms with E-state index >= 15 is 0 Å². The van der Waals surface area contributed by atoms with Crippen LogP contribution in [0.4, 0.5) is 13.2 Å². The minimum Gasteiger partial charge on any atom is -0.481 e. The van der Waals surface area contributed by atoms with Crippen LogP contribution in [0.1, 0.15) is 25.3 Å². The zero-order valence-corrected chi connectivity index (χ0v) is 8.80. The van der Waals surface area contributed by atoms with E-state index in [1.165, 1.54) is 0 Å². The number of halogens is 3. The first-order valence-corrected chi connectivity index (χ1v) is 4.71. The SMILES string of the molecule is CC(C)C(C(=O)O)c1cc(F)cc(F)c1F. The summed E-state index contributed by atoms with van der Waals surface area (Å²) in [5, 5.41) is 8.89. The van der Waals surface area contributed by atoms with E-state index in [1.807, 2.05) is 0 Å². The average Bonchev–Trinajstić information content (AvgIpc) is 2.12. The van der Waals surface area contributed by atoms with Gasteiger partial charge in [0.15, 0.2) is 11.6 Å². The summed E-state index contributed by atoms with van der Waals surface area (Å²) in [6.45, 7) is 3.09. The molecule has 0 saturated carbocycles. The van der Waals surface area contributed by atoms with Crippen LogP contribution in [-0.2, 0) is 4.79 Å². The molecule has 0 heterocycles. The summed E-state index contributed by atoms with van der Waals surface area (Å²) >= 11 is 0. The van der Waals surface area contributed by atoms with Gasteiger partial charge in [-0.15, -0.1) is 0 Å². The van der Waals surface area contributed by atoms with E-state index in [0.29, 0.717) is 6.07 Å². The molecular weight excluding hydrogens is 221 g/mol. The highest BCUT2D eigenvalue weighted by Gasteiger charge is 2.28. The van der Waals surface area contributed by atoms with Gasteiger partial charge in [-0.05, 0) is 12.0 Å². The van der Waals surface area contributed by atoms with Crippen molar-refractivity contribution < 1.29 is 23.1 Å². The fourth-order valence-corrected chi connectivity index (χ4v) is 1.58. The molecular formula is C11H11F3O2. The standard InChI is InChI=1S/C11H11F3O2/c1-5(2)9(11(15)16)7-3-6(12)4-8(13)10(7)14/h3-5,9H,1-2H3,(H,15,16). The third-order valence-corrected chi connectivity index (χ3v) is 2.29. The van der Waals surface area contributed by atoms with Crippen LogP contribution in [0.5, 0.6) is 0 Å². The number of carbonyl (C=O) groups is 1. The van der Waals surface area contributed by atoms with Gasteiger partial charge in [0.1, 0.15) is 5.82 Å². The molecule has 1 aromatic rings. The number of aliphatic carboxylic acids is 1. The fraction of sp³-hybridized carbons (Fsp3) is 0.364. The van der Waals surface area contributed by atoms with E-state index in [-0.39, 0.29) is 0 Å². The maximum atomic E-state index is 13.3. The normalized spacial score (nSPS) is 12.9. The van der Waals surface area contributed by atoms with Crippen molar-refractivity contribution in [2.75, 3.05) is 0 Å². The zero-order chi connectivity index (χ0) is 12.5. The molecule has 1 unspecified atom stereocenters. The highest BCUT2D eigenvalue weighted by Crippen LogP contribution is 2.28. The molecule has 0 spiro atoms.